The molecule has 17 heavy (non-hydrogen) atoms. The predicted molar refractivity (Wildman–Crippen MR) is 60.0 cm³/mol. The van der Waals surface area contributed by atoms with Crippen molar-refractivity contribution >= 4 is 17.0 Å². The van der Waals surface area contributed by atoms with Gasteiger partial charge < -0.3 is 20.5 Å². The van der Waals surface area contributed by atoms with E-state index in [4.69, 9.17) is 5.73 Å². The number of nitrogen functional groups attached to an aromatic ring is 1. The molecule has 1 fully saturated rings. The van der Waals surface area contributed by atoms with E-state index in [9.17, 15) is 10.2 Å². The zero-order valence-corrected chi connectivity index (χ0v) is 9.06. The van der Waals surface area contributed by atoms with Gasteiger partial charge >= 0.3 is 0 Å². The molecule has 90 valence electrons. The second-order valence-corrected chi connectivity index (χ2v) is 4.29. The van der Waals surface area contributed by atoms with Crippen LogP contribution in [-0.2, 0) is 0 Å². The minimum absolute atomic E-state index is 0.204. The van der Waals surface area contributed by atoms with Gasteiger partial charge in [-0.15, -0.1) is 0 Å². The number of fused-ring (bicyclic) bond motifs is 1. The molecule has 1 aliphatic rings. The van der Waals surface area contributed by atoms with Crippen LogP contribution in [0.3, 0.4) is 0 Å². The fourth-order valence-electron chi connectivity index (χ4n) is 2.36. The Morgan fingerprint density at radius 2 is 2.06 bits per heavy atom. The lowest BCUT2D eigenvalue weighted by molar-refractivity contribution is 0.0241. The van der Waals surface area contributed by atoms with E-state index in [-0.39, 0.29) is 6.04 Å². The number of aromatic nitrogens is 4. The first kappa shape index (κ1) is 10.4. The third kappa shape index (κ3) is 1.47. The first-order valence-corrected chi connectivity index (χ1v) is 5.47. The van der Waals surface area contributed by atoms with E-state index < -0.39 is 12.2 Å². The molecule has 7 nitrogen and oxygen atoms in total. The molecule has 3 rings (SSSR count). The van der Waals surface area contributed by atoms with Crippen molar-refractivity contribution in [2.45, 2.75) is 31.1 Å². The van der Waals surface area contributed by atoms with Crippen molar-refractivity contribution in [1.29, 1.82) is 0 Å². The second-order valence-electron chi connectivity index (χ2n) is 4.29. The van der Waals surface area contributed by atoms with Gasteiger partial charge in [0.2, 0.25) is 0 Å². The zero-order chi connectivity index (χ0) is 12.0. The predicted octanol–water partition coefficient (Wildman–Crippen LogP) is -0.535. The monoisotopic (exact) mass is 235 g/mol. The summed E-state index contributed by atoms with van der Waals surface area (Å²) in [6.45, 7) is 0. The standard InChI is InChI=1S/C10H13N5O2/c11-9-7-10(13-3-12-9)15(4-14-7)5-1-2-6(16)8(5)17/h3-6,8,16-17H,1-2H2,(H2,11,12,13)/t5-,6-,8+/m0/s1. The van der Waals surface area contributed by atoms with Crippen molar-refractivity contribution in [2.75, 3.05) is 5.73 Å². The first-order chi connectivity index (χ1) is 8.18. The second kappa shape index (κ2) is 3.64. The van der Waals surface area contributed by atoms with Crippen molar-refractivity contribution in [3.8, 4) is 0 Å². The summed E-state index contributed by atoms with van der Waals surface area (Å²) in [7, 11) is 0. The molecule has 0 unspecified atom stereocenters. The van der Waals surface area contributed by atoms with Crippen LogP contribution in [0.5, 0.6) is 0 Å². The van der Waals surface area contributed by atoms with Crippen LogP contribution in [0.15, 0.2) is 12.7 Å². The van der Waals surface area contributed by atoms with Gasteiger partial charge in [0.25, 0.3) is 0 Å². The summed E-state index contributed by atoms with van der Waals surface area (Å²) in [6, 6.07) is -0.204. The maximum atomic E-state index is 9.88. The highest BCUT2D eigenvalue weighted by Crippen LogP contribution is 2.32. The Morgan fingerprint density at radius 1 is 1.24 bits per heavy atom. The van der Waals surface area contributed by atoms with Crippen molar-refractivity contribution < 1.29 is 10.2 Å². The van der Waals surface area contributed by atoms with Gasteiger partial charge in [0.05, 0.1) is 18.5 Å². The summed E-state index contributed by atoms with van der Waals surface area (Å²) in [6.07, 6.45) is 2.75. The average molecular weight is 235 g/mol. The molecule has 2 aromatic rings. The van der Waals surface area contributed by atoms with Crippen molar-refractivity contribution in [3.05, 3.63) is 12.7 Å². The molecule has 0 aliphatic heterocycles. The topological polar surface area (TPSA) is 110 Å². The number of aliphatic hydroxyl groups excluding tert-OH is 2. The maximum absolute atomic E-state index is 9.88. The quantitative estimate of drug-likeness (QED) is 0.612. The molecular formula is C10H13N5O2. The molecule has 2 aromatic heterocycles. The summed E-state index contributed by atoms with van der Waals surface area (Å²) in [5.41, 5.74) is 6.81. The van der Waals surface area contributed by atoms with Gasteiger partial charge in [-0.25, -0.2) is 15.0 Å². The zero-order valence-electron chi connectivity index (χ0n) is 9.06. The maximum Gasteiger partial charge on any atom is 0.165 e. The van der Waals surface area contributed by atoms with Gasteiger partial charge in [0.15, 0.2) is 11.5 Å². The number of nitrogens with zero attached hydrogens (tertiary/aromatic N) is 4. The van der Waals surface area contributed by atoms with Crippen LogP contribution in [0, 0.1) is 0 Å². The van der Waals surface area contributed by atoms with Crippen molar-refractivity contribution in [1.82, 2.24) is 19.5 Å². The van der Waals surface area contributed by atoms with E-state index >= 15 is 0 Å². The van der Waals surface area contributed by atoms with E-state index in [1.807, 2.05) is 0 Å². The highest BCUT2D eigenvalue weighted by atomic mass is 16.3. The van der Waals surface area contributed by atoms with Gasteiger partial charge in [-0.05, 0) is 12.8 Å². The minimum atomic E-state index is -0.788. The molecule has 3 atom stereocenters. The number of imidazole rings is 1. The Bertz CT molecular complexity index is 555. The Morgan fingerprint density at radius 3 is 2.76 bits per heavy atom. The molecule has 0 spiro atoms. The summed E-state index contributed by atoms with van der Waals surface area (Å²) >= 11 is 0. The number of hydrogen-bond acceptors (Lipinski definition) is 6. The number of anilines is 1. The van der Waals surface area contributed by atoms with Crippen LogP contribution in [0.25, 0.3) is 11.2 Å². The van der Waals surface area contributed by atoms with E-state index in [0.717, 1.165) is 0 Å². The third-order valence-electron chi connectivity index (χ3n) is 3.29. The van der Waals surface area contributed by atoms with Gasteiger partial charge in [-0.1, -0.05) is 0 Å². The molecule has 0 aromatic carbocycles. The van der Waals surface area contributed by atoms with Crippen LogP contribution < -0.4 is 5.73 Å². The molecular weight excluding hydrogens is 222 g/mol. The van der Waals surface area contributed by atoms with E-state index in [1.165, 1.54) is 6.33 Å². The lowest BCUT2D eigenvalue weighted by Crippen LogP contribution is -2.26. The van der Waals surface area contributed by atoms with Crippen molar-refractivity contribution in [3.63, 3.8) is 0 Å². The lowest BCUT2D eigenvalue weighted by atomic mass is 10.2. The lowest BCUT2D eigenvalue weighted by Gasteiger charge is -2.17. The summed E-state index contributed by atoms with van der Waals surface area (Å²) in [5.74, 6) is 0.321. The summed E-state index contributed by atoms with van der Waals surface area (Å²) in [5, 5.41) is 19.4. The molecule has 0 amide bonds. The molecule has 1 saturated carbocycles. The van der Waals surface area contributed by atoms with Crippen LogP contribution in [0.1, 0.15) is 18.9 Å². The Hall–Kier alpha value is -1.73. The Labute approximate surface area is 96.9 Å². The van der Waals surface area contributed by atoms with E-state index in [2.05, 4.69) is 15.0 Å². The third-order valence-corrected chi connectivity index (χ3v) is 3.29. The minimum Gasteiger partial charge on any atom is -0.390 e. The van der Waals surface area contributed by atoms with Crippen LogP contribution in [0.2, 0.25) is 0 Å². The largest absolute Gasteiger partial charge is 0.390 e. The molecule has 4 N–H and O–H groups in total. The highest BCUT2D eigenvalue weighted by Gasteiger charge is 2.35. The van der Waals surface area contributed by atoms with Gasteiger partial charge in [-0.3, -0.25) is 0 Å². The first-order valence-electron chi connectivity index (χ1n) is 5.47. The molecule has 0 bridgehead atoms. The molecule has 7 heteroatoms. The van der Waals surface area contributed by atoms with Gasteiger partial charge in [0, 0.05) is 0 Å². The smallest absolute Gasteiger partial charge is 0.165 e. The van der Waals surface area contributed by atoms with Gasteiger partial charge in [0.1, 0.15) is 17.9 Å². The molecule has 1 aliphatic carbocycles. The Kier molecular flexibility index (Phi) is 2.23. The molecule has 2 heterocycles. The fraction of sp³-hybridized carbons (Fsp3) is 0.500. The van der Waals surface area contributed by atoms with Crippen LogP contribution in [-0.4, -0.2) is 41.9 Å². The highest BCUT2D eigenvalue weighted by molar-refractivity contribution is 5.81. The average Bonchev–Trinajstić information content (AvgIpc) is 2.86. The summed E-state index contributed by atoms with van der Waals surface area (Å²) in [4.78, 5) is 12.1. The van der Waals surface area contributed by atoms with Crippen molar-refractivity contribution in [2.24, 2.45) is 0 Å². The number of hydrogen-bond donors (Lipinski definition) is 3. The van der Waals surface area contributed by atoms with Crippen LogP contribution in [0.4, 0.5) is 5.82 Å². The number of rotatable bonds is 1. The SMILES string of the molecule is Nc1ncnc2c1ncn2[C@H]1CC[C@H](O)[C@@H]1O. The number of nitrogens with two attached hydrogens (primary N) is 1. The molecule has 0 radical (unpaired) electrons. The normalized spacial score (nSPS) is 28.9. The van der Waals surface area contributed by atoms with Gasteiger partial charge in [-0.2, -0.15) is 0 Å². The van der Waals surface area contributed by atoms with E-state index in [1.54, 1.807) is 10.9 Å². The number of aliphatic hydroxyl groups is 2. The van der Waals surface area contributed by atoms with Crippen LogP contribution >= 0.6 is 0 Å². The Balaban J connectivity index is 2.10. The fourth-order valence-corrected chi connectivity index (χ4v) is 2.36. The molecule has 0 saturated heterocycles. The van der Waals surface area contributed by atoms with E-state index in [0.29, 0.717) is 29.8 Å². The summed E-state index contributed by atoms with van der Waals surface area (Å²) < 4.78 is 1.76.